The number of methoxy groups -OCH3 is 2. The van der Waals surface area contributed by atoms with Gasteiger partial charge in [0.15, 0.2) is 0 Å². The van der Waals surface area contributed by atoms with Gasteiger partial charge < -0.3 is 19.8 Å². The number of rotatable bonds is 7. The summed E-state index contributed by atoms with van der Waals surface area (Å²) in [6, 6.07) is 11.4. The van der Waals surface area contributed by atoms with Crippen LogP contribution >= 0.6 is 31.9 Å². The molecular weight excluding hydrogens is 556 g/mol. The van der Waals surface area contributed by atoms with Crippen LogP contribution in [0.25, 0.3) is 11.1 Å². The number of benzene rings is 2. The molecule has 1 amide bonds. The predicted octanol–water partition coefficient (Wildman–Crippen LogP) is 4.40. The summed E-state index contributed by atoms with van der Waals surface area (Å²) in [6.07, 6.45) is 1.83. The number of amides is 1. The van der Waals surface area contributed by atoms with E-state index in [1.54, 1.807) is 24.4 Å². The van der Waals surface area contributed by atoms with Crippen molar-refractivity contribution < 1.29 is 19.1 Å². The molecule has 0 aliphatic carbocycles. The van der Waals surface area contributed by atoms with Crippen LogP contribution in [-0.4, -0.2) is 37.1 Å². The zero-order chi connectivity index (χ0) is 24.1. The molecule has 7 nitrogen and oxygen atoms in total. The van der Waals surface area contributed by atoms with Crippen molar-refractivity contribution in [3.63, 3.8) is 0 Å². The van der Waals surface area contributed by atoms with Crippen molar-refractivity contribution in [1.29, 1.82) is 0 Å². The Morgan fingerprint density at radius 2 is 1.76 bits per heavy atom. The predicted molar refractivity (Wildman–Crippen MR) is 133 cm³/mol. The zero-order valence-electron chi connectivity index (χ0n) is 18.2. The number of esters is 1. The van der Waals surface area contributed by atoms with Gasteiger partial charge in [0.25, 0.3) is 11.5 Å². The largest absolute Gasteiger partial charge is 0.497 e. The Kier molecular flexibility index (Phi) is 8.10. The first-order valence-corrected chi connectivity index (χ1v) is 11.5. The van der Waals surface area contributed by atoms with Crippen molar-refractivity contribution in [2.45, 2.75) is 19.4 Å². The van der Waals surface area contributed by atoms with Crippen LogP contribution in [0.3, 0.4) is 0 Å². The van der Waals surface area contributed by atoms with Crippen LogP contribution in [0.2, 0.25) is 0 Å². The molecule has 1 atom stereocenters. The number of H-pyrrole nitrogens is 1. The highest BCUT2D eigenvalue weighted by atomic mass is 79.9. The number of nitrogens with one attached hydrogen (secondary N) is 2. The van der Waals surface area contributed by atoms with Gasteiger partial charge in [-0.3, -0.25) is 9.59 Å². The van der Waals surface area contributed by atoms with E-state index in [1.807, 2.05) is 31.2 Å². The summed E-state index contributed by atoms with van der Waals surface area (Å²) in [6.45, 7) is 1.86. The lowest BCUT2D eigenvalue weighted by atomic mass is 9.99. The molecule has 0 saturated heterocycles. The number of halogens is 2. The Labute approximate surface area is 207 Å². The lowest BCUT2D eigenvalue weighted by Gasteiger charge is -2.18. The summed E-state index contributed by atoms with van der Waals surface area (Å²) in [5.74, 6) is -0.485. The smallest absolute Gasteiger partial charge is 0.328 e. The van der Waals surface area contributed by atoms with E-state index in [-0.39, 0.29) is 12.0 Å². The number of aromatic amines is 1. The Bertz CT molecular complexity index is 1240. The molecule has 0 radical (unpaired) electrons. The summed E-state index contributed by atoms with van der Waals surface area (Å²) in [5, 5.41) is 2.74. The van der Waals surface area contributed by atoms with Gasteiger partial charge in [-0.1, -0.05) is 24.3 Å². The molecule has 1 heterocycles. The number of carbonyl (C=O) groups is 2. The minimum Gasteiger partial charge on any atom is -0.497 e. The second-order valence-corrected chi connectivity index (χ2v) is 8.97. The van der Waals surface area contributed by atoms with Gasteiger partial charge in [0, 0.05) is 21.6 Å². The summed E-state index contributed by atoms with van der Waals surface area (Å²) < 4.78 is 11.5. The van der Waals surface area contributed by atoms with Crippen molar-refractivity contribution in [2.24, 2.45) is 0 Å². The third-order valence-electron chi connectivity index (χ3n) is 5.18. The van der Waals surface area contributed by atoms with Crippen LogP contribution in [0.15, 0.2) is 62.4 Å². The Hall–Kier alpha value is -2.91. The van der Waals surface area contributed by atoms with Gasteiger partial charge >= 0.3 is 5.97 Å². The monoisotopic (exact) mass is 576 g/mol. The molecule has 172 valence electrons. The van der Waals surface area contributed by atoms with Crippen LogP contribution in [0.1, 0.15) is 21.5 Å². The molecule has 0 saturated carbocycles. The fourth-order valence-electron chi connectivity index (χ4n) is 3.37. The topological polar surface area (TPSA) is 97.5 Å². The normalized spacial score (nSPS) is 11.5. The molecule has 3 aromatic rings. The molecule has 3 rings (SSSR count). The molecule has 0 fully saturated rings. The fourth-order valence-corrected chi connectivity index (χ4v) is 4.11. The summed E-state index contributed by atoms with van der Waals surface area (Å²) >= 11 is 6.79. The minimum atomic E-state index is -0.901. The van der Waals surface area contributed by atoms with E-state index in [0.29, 0.717) is 21.3 Å². The molecule has 0 aliphatic rings. The maximum Gasteiger partial charge on any atom is 0.328 e. The van der Waals surface area contributed by atoms with E-state index in [4.69, 9.17) is 9.47 Å². The maximum absolute atomic E-state index is 12.9. The molecule has 0 unspecified atom stereocenters. The third kappa shape index (κ3) is 5.72. The van der Waals surface area contributed by atoms with E-state index in [2.05, 4.69) is 42.2 Å². The van der Waals surface area contributed by atoms with Gasteiger partial charge in [-0.2, -0.15) is 0 Å². The second kappa shape index (κ2) is 10.8. The van der Waals surface area contributed by atoms with Gasteiger partial charge in [-0.25, -0.2) is 4.79 Å². The molecule has 2 aromatic carbocycles. The number of ether oxygens (including phenoxy) is 2. The number of hydrogen-bond acceptors (Lipinski definition) is 5. The van der Waals surface area contributed by atoms with Crippen LogP contribution in [0.5, 0.6) is 5.75 Å². The Morgan fingerprint density at radius 3 is 2.39 bits per heavy atom. The first kappa shape index (κ1) is 24.7. The van der Waals surface area contributed by atoms with Crippen molar-refractivity contribution in [3.8, 4) is 16.9 Å². The van der Waals surface area contributed by atoms with E-state index in [1.165, 1.54) is 14.2 Å². The van der Waals surface area contributed by atoms with Crippen LogP contribution < -0.4 is 15.6 Å². The van der Waals surface area contributed by atoms with Gasteiger partial charge in [-0.15, -0.1) is 0 Å². The standard InChI is InChI=1S/C24H22Br2N2O5/c1-13-19(26)12-27-23(30)21(13)15-6-4-14(5-7-15)10-20(24(31)33-3)28-22(29)17-11-16(32-2)8-9-18(17)25/h4-9,11-12,20H,10H2,1-3H3,(H,27,30)(H,28,29)/t20-/m0/s1. The van der Waals surface area contributed by atoms with Crippen molar-refractivity contribution in [3.05, 3.63) is 84.7 Å². The lowest BCUT2D eigenvalue weighted by molar-refractivity contribution is -0.142. The lowest BCUT2D eigenvalue weighted by Crippen LogP contribution is -2.43. The van der Waals surface area contributed by atoms with E-state index >= 15 is 0 Å². The van der Waals surface area contributed by atoms with Crippen LogP contribution in [0, 0.1) is 6.92 Å². The average Bonchev–Trinajstić information content (AvgIpc) is 2.82. The molecule has 0 bridgehead atoms. The molecule has 33 heavy (non-hydrogen) atoms. The highest BCUT2D eigenvalue weighted by Crippen LogP contribution is 2.26. The first-order valence-electron chi connectivity index (χ1n) is 9.94. The molecule has 9 heteroatoms. The van der Waals surface area contributed by atoms with Crippen molar-refractivity contribution in [1.82, 2.24) is 10.3 Å². The Morgan fingerprint density at radius 1 is 1.06 bits per heavy atom. The van der Waals surface area contributed by atoms with Crippen molar-refractivity contribution in [2.75, 3.05) is 14.2 Å². The minimum absolute atomic E-state index is 0.188. The molecule has 0 aliphatic heterocycles. The van der Waals surface area contributed by atoms with Crippen LogP contribution in [0.4, 0.5) is 0 Å². The van der Waals surface area contributed by atoms with E-state index in [0.717, 1.165) is 21.2 Å². The summed E-state index contributed by atoms with van der Waals surface area (Å²) in [7, 11) is 2.78. The van der Waals surface area contributed by atoms with Gasteiger partial charge in [0.2, 0.25) is 0 Å². The molecule has 2 N–H and O–H groups in total. The second-order valence-electron chi connectivity index (χ2n) is 7.26. The highest BCUT2D eigenvalue weighted by Gasteiger charge is 2.24. The maximum atomic E-state index is 12.9. The van der Waals surface area contributed by atoms with Gasteiger partial charge in [0.05, 0.1) is 25.3 Å². The van der Waals surface area contributed by atoms with Crippen LogP contribution in [-0.2, 0) is 16.0 Å². The third-order valence-corrected chi connectivity index (χ3v) is 6.70. The number of pyridine rings is 1. The molecule has 1 aromatic heterocycles. The van der Waals surface area contributed by atoms with E-state index in [9.17, 15) is 14.4 Å². The van der Waals surface area contributed by atoms with Gasteiger partial charge in [-0.05, 0) is 73.7 Å². The summed E-state index contributed by atoms with van der Waals surface area (Å²) in [5.41, 5.74) is 3.09. The fraction of sp³-hybridized carbons (Fsp3) is 0.208. The zero-order valence-corrected chi connectivity index (χ0v) is 21.4. The first-order chi connectivity index (χ1) is 15.7. The number of hydrogen-bond donors (Lipinski definition) is 2. The van der Waals surface area contributed by atoms with Crippen molar-refractivity contribution >= 4 is 43.7 Å². The molecule has 0 spiro atoms. The number of aromatic nitrogens is 1. The SMILES string of the molecule is COC(=O)[C@H](Cc1ccc(-c2c(C)c(Br)c[nH]c2=O)cc1)NC(=O)c1cc(OC)ccc1Br. The molecular formula is C24H22Br2N2O5. The summed E-state index contributed by atoms with van der Waals surface area (Å²) in [4.78, 5) is 40.3. The average molecular weight is 578 g/mol. The Balaban J connectivity index is 1.83. The quantitative estimate of drug-likeness (QED) is 0.406. The number of carbonyl (C=O) groups excluding carboxylic acids is 2. The van der Waals surface area contributed by atoms with Gasteiger partial charge in [0.1, 0.15) is 11.8 Å². The highest BCUT2D eigenvalue weighted by molar-refractivity contribution is 9.10. The van der Waals surface area contributed by atoms with E-state index < -0.39 is 17.9 Å².